The molecule has 2 bridgehead atoms. The first kappa shape index (κ1) is 15.5. The standard InChI is InChI=1S/C19H21N3OS/c20-13-2-1-3-16(10-13)24-15-7-4-12(5-8-15)19(23)22-18-11-14-6-9-17(18)21-14/h1-5,7-8,10,14,17-18,21H,6,9,11,20H2,(H,22,23). The molecule has 3 atom stereocenters. The highest BCUT2D eigenvalue weighted by Crippen LogP contribution is 2.30. The Bertz CT molecular complexity index is 747. The molecule has 5 heteroatoms. The van der Waals surface area contributed by atoms with Crippen LogP contribution in [0, 0.1) is 0 Å². The van der Waals surface area contributed by atoms with Crippen LogP contribution in [0.1, 0.15) is 29.6 Å². The van der Waals surface area contributed by atoms with Crippen molar-refractivity contribution < 1.29 is 4.79 Å². The fourth-order valence-corrected chi connectivity index (χ4v) is 4.51. The van der Waals surface area contributed by atoms with Crippen molar-refractivity contribution in [1.29, 1.82) is 0 Å². The van der Waals surface area contributed by atoms with Gasteiger partial charge in [-0.15, -0.1) is 0 Å². The summed E-state index contributed by atoms with van der Waals surface area (Å²) >= 11 is 1.64. The summed E-state index contributed by atoms with van der Waals surface area (Å²) in [7, 11) is 0. The number of fused-ring (bicyclic) bond motifs is 2. The highest BCUT2D eigenvalue weighted by Gasteiger charge is 2.39. The molecular weight excluding hydrogens is 318 g/mol. The topological polar surface area (TPSA) is 67.2 Å². The number of carbonyl (C=O) groups is 1. The van der Waals surface area contributed by atoms with Crippen molar-refractivity contribution in [3.63, 3.8) is 0 Å². The maximum Gasteiger partial charge on any atom is 0.251 e. The summed E-state index contributed by atoms with van der Waals surface area (Å²) in [6, 6.07) is 16.9. The van der Waals surface area contributed by atoms with Gasteiger partial charge in [0.05, 0.1) is 0 Å². The van der Waals surface area contributed by atoms with Crippen molar-refractivity contribution in [2.24, 2.45) is 0 Å². The van der Waals surface area contributed by atoms with E-state index in [2.05, 4.69) is 10.6 Å². The molecule has 0 saturated carbocycles. The molecule has 3 unspecified atom stereocenters. The van der Waals surface area contributed by atoms with Gasteiger partial charge in [-0.3, -0.25) is 4.79 Å². The lowest BCUT2D eigenvalue weighted by Gasteiger charge is -2.21. The molecule has 2 aliphatic rings. The lowest BCUT2D eigenvalue weighted by molar-refractivity contribution is 0.0931. The fraction of sp³-hybridized carbons (Fsp3) is 0.316. The second-order valence-corrected chi connectivity index (χ2v) is 7.71. The molecule has 0 aliphatic carbocycles. The summed E-state index contributed by atoms with van der Waals surface area (Å²) in [4.78, 5) is 14.6. The van der Waals surface area contributed by atoms with Crippen LogP contribution < -0.4 is 16.4 Å². The number of anilines is 1. The zero-order valence-corrected chi connectivity index (χ0v) is 14.2. The van der Waals surface area contributed by atoms with Gasteiger partial charge in [-0.25, -0.2) is 0 Å². The molecule has 0 aromatic heterocycles. The molecule has 4 rings (SSSR count). The summed E-state index contributed by atoms with van der Waals surface area (Å²) in [5, 5.41) is 6.73. The predicted molar refractivity (Wildman–Crippen MR) is 97.2 cm³/mol. The molecule has 2 saturated heterocycles. The molecule has 0 spiro atoms. The average molecular weight is 339 g/mol. The lowest BCUT2D eigenvalue weighted by atomic mass is 9.95. The summed E-state index contributed by atoms with van der Waals surface area (Å²) in [5.41, 5.74) is 7.29. The maximum absolute atomic E-state index is 12.4. The first-order valence-corrected chi connectivity index (χ1v) is 9.19. The Hall–Kier alpha value is -1.98. The molecule has 1 amide bonds. The van der Waals surface area contributed by atoms with Crippen molar-refractivity contribution in [1.82, 2.24) is 10.6 Å². The minimum absolute atomic E-state index is 0.0230. The first-order valence-electron chi connectivity index (χ1n) is 8.38. The number of nitrogen functional groups attached to an aromatic ring is 1. The van der Waals surface area contributed by atoms with Crippen LogP contribution in [-0.4, -0.2) is 24.0 Å². The van der Waals surface area contributed by atoms with E-state index in [0.29, 0.717) is 12.1 Å². The molecule has 4 nitrogen and oxygen atoms in total. The van der Waals surface area contributed by atoms with Crippen molar-refractivity contribution in [3.05, 3.63) is 54.1 Å². The van der Waals surface area contributed by atoms with Gasteiger partial charge in [0.25, 0.3) is 5.91 Å². The van der Waals surface area contributed by atoms with Crippen molar-refractivity contribution >= 4 is 23.4 Å². The maximum atomic E-state index is 12.4. The largest absolute Gasteiger partial charge is 0.399 e. The Balaban J connectivity index is 1.39. The third kappa shape index (κ3) is 3.28. The average Bonchev–Trinajstić information content (AvgIpc) is 3.18. The van der Waals surface area contributed by atoms with Crippen LogP contribution in [-0.2, 0) is 0 Å². The number of carbonyl (C=O) groups excluding carboxylic acids is 1. The van der Waals surface area contributed by atoms with Crippen LogP contribution in [0.4, 0.5) is 5.69 Å². The van der Waals surface area contributed by atoms with Gasteiger partial charge in [0.1, 0.15) is 0 Å². The Morgan fingerprint density at radius 3 is 2.62 bits per heavy atom. The minimum atomic E-state index is 0.0230. The SMILES string of the molecule is Nc1cccc(Sc2ccc(C(=O)NC3CC4CCC3N4)cc2)c1. The zero-order chi connectivity index (χ0) is 16.5. The summed E-state index contributed by atoms with van der Waals surface area (Å²) in [6.45, 7) is 0. The second kappa shape index (κ2) is 6.49. The van der Waals surface area contributed by atoms with Crippen LogP contribution in [0.15, 0.2) is 58.3 Å². The van der Waals surface area contributed by atoms with Crippen molar-refractivity contribution in [2.75, 3.05) is 5.73 Å². The van der Waals surface area contributed by atoms with E-state index in [1.54, 1.807) is 11.8 Å². The molecule has 2 heterocycles. The van der Waals surface area contributed by atoms with Crippen LogP contribution in [0.25, 0.3) is 0 Å². The van der Waals surface area contributed by atoms with E-state index in [1.165, 1.54) is 12.8 Å². The normalized spacial score (nSPS) is 24.9. The van der Waals surface area contributed by atoms with Gasteiger partial charge in [0.2, 0.25) is 0 Å². The molecular formula is C19H21N3OS. The van der Waals surface area contributed by atoms with Crippen LogP contribution >= 0.6 is 11.8 Å². The van der Waals surface area contributed by atoms with E-state index in [0.717, 1.165) is 27.5 Å². The quantitative estimate of drug-likeness (QED) is 0.749. The summed E-state index contributed by atoms with van der Waals surface area (Å²) in [6.07, 6.45) is 3.47. The predicted octanol–water partition coefficient (Wildman–Crippen LogP) is 3.04. The van der Waals surface area contributed by atoms with Gasteiger partial charge in [0, 0.05) is 39.2 Å². The van der Waals surface area contributed by atoms with Gasteiger partial charge >= 0.3 is 0 Å². The zero-order valence-electron chi connectivity index (χ0n) is 13.4. The first-order chi connectivity index (χ1) is 11.7. The summed E-state index contributed by atoms with van der Waals surface area (Å²) < 4.78 is 0. The third-order valence-electron chi connectivity index (χ3n) is 4.83. The van der Waals surface area contributed by atoms with Gasteiger partial charge < -0.3 is 16.4 Å². The highest BCUT2D eigenvalue weighted by atomic mass is 32.2. The number of nitrogens with two attached hydrogens (primary N) is 1. The highest BCUT2D eigenvalue weighted by molar-refractivity contribution is 7.99. The minimum Gasteiger partial charge on any atom is -0.399 e. The van der Waals surface area contributed by atoms with E-state index >= 15 is 0 Å². The monoisotopic (exact) mass is 339 g/mol. The number of amides is 1. The molecule has 24 heavy (non-hydrogen) atoms. The molecule has 2 fully saturated rings. The number of hydrogen-bond donors (Lipinski definition) is 3. The van der Waals surface area contributed by atoms with E-state index in [4.69, 9.17) is 5.73 Å². The number of nitrogens with one attached hydrogen (secondary N) is 2. The number of hydrogen-bond acceptors (Lipinski definition) is 4. The lowest BCUT2D eigenvalue weighted by Crippen LogP contribution is -2.42. The molecule has 2 aromatic rings. The second-order valence-electron chi connectivity index (χ2n) is 6.56. The van der Waals surface area contributed by atoms with E-state index in [1.807, 2.05) is 48.5 Å². The smallest absolute Gasteiger partial charge is 0.251 e. The van der Waals surface area contributed by atoms with Crippen molar-refractivity contribution in [2.45, 2.75) is 47.2 Å². The molecule has 4 N–H and O–H groups in total. The molecule has 124 valence electrons. The fourth-order valence-electron chi connectivity index (χ4n) is 3.62. The van der Waals surface area contributed by atoms with Gasteiger partial charge in [-0.1, -0.05) is 17.8 Å². The third-order valence-corrected chi connectivity index (χ3v) is 5.82. The Labute approximate surface area is 146 Å². The van der Waals surface area contributed by atoms with Gasteiger partial charge in [-0.2, -0.15) is 0 Å². The number of benzene rings is 2. The van der Waals surface area contributed by atoms with Gasteiger partial charge in [0.15, 0.2) is 0 Å². The molecule has 2 aromatic carbocycles. The summed E-state index contributed by atoms with van der Waals surface area (Å²) in [5.74, 6) is 0.0230. The van der Waals surface area contributed by atoms with Crippen LogP contribution in [0.5, 0.6) is 0 Å². The van der Waals surface area contributed by atoms with E-state index in [9.17, 15) is 4.79 Å². The van der Waals surface area contributed by atoms with Crippen LogP contribution in [0.2, 0.25) is 0 Å². The van der Waals surface area contributed by atoms with Gasteiger partial charge in [-0.05, 0) is 61.7 Å². The Morgan fingerprint density at radius 2 is 1.96 bits per heavy atom. The van der Waals surface area contributed by atoms with E-state index < -0.39 is 0 Å². The number of rotatable bonds is 4. The molecule has 0 radical (unpaired) electrons. The Morgan fingerprint density at radius 1 is 1.12 bits per heavy atom. The molecule has 2 aliphatic heterocycles. The van der Waals surface area contributed by atoms with Crippen molar-refractivity contribution in [3.8, 4) is 0 Å². The Kier molecular flexibility index (Phi) is 4.21. The van der Waals surface area contributed by atoms with E-state index in [-0.39, 0.29) is 11.9 Å². The van der Waals surface area contributed by atoms with Crippen LogP contribution in [0.3, 0.4) is 0 Å².